The van der Waals surface area contributed by atoms with Gasteiger partial charge in [-0.2, -0.15) is 12.6 Å². The van der Waals surface area contributed by atoms with E-state index in [0.29, 0.717) is 12.0 Å². The second kappa shape index (κ2) is 4.73. The predicted molar refractivity (Wildman–Crippen MR) is 68.7 cm³/mol. The van der Waals surface area contributed by atoms with Crippen molar-refractivity contribution in [1.29, 1.82) is 0 Å². The SMILES string of the molecule is O=C[C@@H]1C=C([N+](=O)[O-])C=C[C@]1(S)c1ccccn1. The molecule has 0 bridgehead atoms. The molecule has 92 valence electrons. The number of aromatic nitrogens is 1. The Balaban J connectivity index is 2.45. The van der Waals surface area contributed by atoms with Crippen molar-refractivity contribution >= 4 is 18.9 Å². The molecule has 0 N–H and O–H groups in total. The van der Waals surface area contributed by atoms with Gasteiger partial charge in [-0.05, 0) is 12.1 Å². The van der Waals surface area contributed by atoms with Crippen LogP contribution >= 0.6 is 12.6 Å². The molecule has 0 radical (unpaired) electrons. The molecule has 1 heterocycles. The van der Waals surface area contributed by atoms with Crippen LogP contribution in [-0.4, -0.2) is 16.2 Å². The van der Waals surface area contributed by atoms with Gasteiger partial charge in [0.1, 0.15) is 6.29 Å². The van der Waals surface area contributed by atoms with Gasteiger partial charge in [-0.1, -0.05) is 12.1 Å². The predicted octanol–water partition coefficient (Wildman–Crippen LogP) is 1.75. The van der Waals surface area contributed by atoms with Crippen LogP contribution in [0, 0.1) is 16.0 Å². The van der Waals surface area contributed by atoms with Gasteiger partial charge in [-0.3, -0.25) is 15.1 Å². The molecule has 2 rings (SSSR count). The Labute approximate surface area is 109 Å². The normalized spacial score (nSPS) is 26.5. The van der Waals surface area contributed by atoms with Gasteiger partial charge >= 0.3 is 0 Å². The lowest BCUT2D eigenvalue weighted by molar-refractivity contribution is -0.419. The zero-order valence-corrected chi connectivity index (χ0v) is 10.2. The van der Waals surface area contributed by atoms with Gasteiger partial charge in [0.05, 0.1) is 21.3 Å². The van der Waals surface area contributed by atoms with Crippen molar-refractivity contribution in [2.24, 2.45) is 5.92 Å². The Morgan fingerprint density at radius 2 is 2.28 bits per heavy atom. The lowest BCUT2D eigenvalue weighted by Gasteiger charge is -2.29. The molecule has 1 aliphatic rings. The fourth-order valence-corrected chi connectivity index (χ4v) is 2.15. The van der Waals surface area contributed by atoms with Crippen molar-refractivity contribution < 1.29 is 9.72 Å². The fraction of sp³-hybridized carbons (Fsp3) is 0.167. The van der Waals surface area contributed by atoms with Crippen molar-refractivity contribution in [2.45, 2.75) is 4.75 Å². The molecular formula is C12H10N2O3S. The Kier molecular flexibility index (Phi) is 3.29. The molecule has 0 fully saturated rings. The van der Waals surface area contributed by atoms with Crippen molar-refractivity contribution in [3.8, 4) is 0 Å². The highest BCUT2D eigenvalue weighted by Gasteiger charge is 2.39. The van der Waals surface area contributed by atoms with E-state index in [4.69, 9.17) is 0 Å². The maximum atomic E-state index is 11.1. The van der Waals surface area contributed by atoms with Gasteiger partial charge < -0.3 is 4.79 Å². The number of nitrogens with zero attached hydrogens (tertiary/aromatic N) is 2. The van der Waals surface area contributed by atoms with E-state index in [1.165, 1.54) is 18.2 Å². The number of carbonyl (C=O) groups is 1. The summed E-state index contributed by atoms with van der Waals surface area (Å²) in [6, 6.07) is 5.27. The average molecular weight is 262 g/mol. The monoisotopic (exact) mass is 262 g/mol. The van der Waals surface area contributed by atoms with Crippen LogP contribution in [0.2, 0.25) is 0 Å². The molecule has 6 heteroatoms. The molecule has 1 aromatic heterocycles. The Hall–Kier alpha value is -1.95. The Morgan fingerprint density at radius 1 is 1.50 bits per heavy atom. The smallest absolute Gasteiger partial charge is 0.266 e. The minimum atomic E-state index is -0.942. The molecule has 0 unspecified atom stereocenters. The summed E-state index contributed by atoms with van der Waals surface area (Å²) in [4.78, 5) is 25.5. The maximum absolute atomic E-state index is 11.1. The van der Waals surface area contributed by atoms with Crippen LogP contribution in [0.5, 0.6) is 0 Å². The molecule has 18 heavy (non-hydrogen) atoms. The molecule has 0 aliphatic heterocycles. The van der Waals surface area contributed by atoms with E-state index in [9.17, 15) is 14.9 Å². The lowest BCUT2D eigenvalue weighted by Crippen LogP contribution is -2.31. The van der Waals surface area contributed by atoms with Gasteiger partial charge in [0.2, 0.25) is 0 Å². The van der Waals surface area contributed by atoms with Crippen molar-refractivity contribution in [2.75, 3.05) is 0 Å². The highest BCUT2D eigenvalue weighted by Crippen LogP contribution is 2.40. The number of rotatable bonds is 3. The third-order valence-corrected chi connectivity index (χ3v) is 3.48. The first-order valence-electron chi connectivity index (χ1n) is 5.22. The summed E-state index contributed by atoms with van der Waals surface area (Å²) >= 11 is 4.48. The minimum Gasteiger partial charge on any atom is -0.303 e. The number of aldehydes is 1. The van der Waals surface area contributed by atoms with Crippen LogP contribution < -0.4 is 0 Å². The average Bonchev–Trinajstić information content (AvgIpc) is 2.40. The topological polar surface area (TPSA) is 73.1 Å². The molecule has 0 saturated carbocycles. The van der Waals surface area contributed by atoms with E-state index in [0.717, 1.165) is 0 Å². The minimum absolute atomic E-state index is 0.104. The zero-order chi connectivity index (χ0) is 13.2. The number of hydrogen-bond acceptors (Lipinski definition) is 5. The van der Waals surface area contributed by atoms with Gasteiger partial charge in [-0.25, -0.2) is 0 Å². The molecule has 0 spiro atoms. The van der Waals surface area contributed by atoms with E-state index in [-0.39, 0.29) is 5.70 Å². The maximum Gasteiger partial charge on any atom is 0.266 e. The highest BCUT2D eigenvalue weighted by molar-refractivity contribution is 7.81. The molecular weight excluding hydrogens is 252 g/mol. The quantitative estimate of drug-likeness (QED) is 0.390. The highest BCUT2D eigenvalue weighted by atomic mass is 32.1. The van der Waals surface area contributed by atoms with Crippen molar-refractivity contribution in [3.05, 3.63) is 64.1 Å². The molecule has 1 aromatic rings. The van der Waals surface area contributed by atoms with Crippen LogP contribution in [0.25, 0.3) is 0 Å². The van der Waals surface area contributed by atoms with Crippen LogP contribution in [0.3, 0.4) is 0 Å². The summed E-state index contributed by atoms with van der Waals surface area (Å²) < 4.78 is -0.942. The van der Waals surface area contributed by atoms with Crippen molar-refractivity contribution in [1.82, 2.24) is 4.98 Å². The van der Waals surface area contributed by atoms with Crippen molar-refractivity contribution in [3.63, 3.8) is 0 Å². The van der Waals surface area contributed by atoms with Gasteiger partial charge in [0, 0.05) is 18.3 Å². The number of nitro groups is 1. The second-order valence-corrected chi connectivity index (χ2v) is 4.62. The second-order valence-electron chi connectivity index (χ2n) is 3.88. The number of thiol groups is 1. The summed E-state index contributed by atoms with van der Waals surface area (Å²) in [5.41, 5.74) is 0.480. The van der Waals surface area contributed by atoms with E-state index < -0.39 is 15.6 Å². The number of allylic oxidation sites excluding steroid dienone is 2. The third kappa shape index (κ3) is 2.06. The van der Waals surface area contributed by atoms with Gasteiger partial charge in [-0.15, -0.1) is 0 Å². The number of carbonyl (C=O) groups excluding carboxylic acids is 1. The largest absolute Gasteiger partial charge is 0.303 e. The van der Waals surface area contributed by atoms with E-state index in [1.807, 2.05) is 0 Å². The Bertz CT molecular complexity index is 542. The standard InChI is InChI=1S/C12H10N2O3S/c15-8-9-7-10(14(16)17)4-5-12(9,18)11-3-1-2-6-13-11/h1-9,18H/t9-,12+/m0/s1. The summed E-state index contributed by atoms with van der Waals surface area (Å²) in [5, 5.41) is 10.7. The molecule has 0 amide bonds. The summed E-state index contributed by atoms with van der Waals surface area (Å²) in [6.07, 6.45) is 6.43. The first kappa shape index (κ1) is 12.5. The number of hydrogen-bond donors (Lipinski definition) is 1. The first-order chi connectivity index (χ1) is 8.58. The van der Waals surface area contributed by atoms with Gasteiger partial charge in [0.25, 0.3) is 5.70 Å². The molecule has 0 saturated heterocycles. The van der Waals surface area contributed by atoms with Crippen LogP contribution in [-0.2, 0) is 9.54 Å². The van der Waals surface area contributed by atoms with E-state index in [2.05, 4.69) is 17.6 Å². The summed E-state index contributed by atoms with van der Waals surface area (Å²) in [6.45, 7) is 0. The molecule has 5 nitrogen and oxygen atoms in total. The molecule has 2 atom stereocenters. The van der Waals surface area contributed by atoms with Crippen LogP contribution in [0.4, 0.5) is 0 Å². The number of pyridine rings is 1. The first-order valence-corrected chi connectivity index (χ1v) is 5.67. The van der Waals surface area contributed by atoms with E-state index >= 15 is 0 Å². The summed E-state index contributed by atoms with van der Waals surface area (Å²) in [5.74, 6) is -0.721. The summed E-state index contributed by atoms with van der Waals surface area (Å²) in [7, 11) is 0. The van der Waals surface area contributed by atoms with Crippen LogP contribution in [0.1, 0.15) is 5.69 Å². The molecule has 1 aliphatic carbocycles. The Morgan fingerprint density at radius 3 is 2.83 bits per heavy atom. The third-order valence-electron chi connectivity index (χ3n) is 2.80. The fourth-order valence-electron chi connectivity index (χ4n) is 1.81. The van der Waals surface area contributed by atoms with Gasteiger partial charge in [0.15, 0.2) is 0 Å². The van der Waals surface area contributed by atoms with E-state index in [1.54, 1.807) is 24.4 Å². The lowest BCUT2D eigenvalue weighted by atomic mass is 9.84. The van der Waals surface area contributed by atoms with Crippen LogP contribution in [0.15, 0.2) is 48.3 Å². The molecule has 0 aromatic carbocycles. The zero-order valence-electron chi connectivity index (χ0n) is 9.26.